The molecule has 0 fully saturated rings. The van der Waals surface area contributed by atoms with Crippen molar-refractivity contribution in [1.82, 2.24) is 4.90 Å². The van der Waals surface area contributed by atoms with E-state index in [0.717, 1.165) is 5.69 Å². The Morgan fingerprint density at radius 2 is 2.06 bits per heavy atom. The van der Waals surface area contributed by atoms with Gasteiger partial charge in [0.15, 0.2) is 0 Å². The molecule has 4 heteroatoms. The van der Waals surface area contributed by atoms with Crippen LogP contribution < -0.4 is 5.32 Å². The Kier molecular flexibility index (Phi) is 5.65. The monoisotopic (exact) mass is 250 g/mol. The highest BCUT2D eigenvalue weighted by Gasteiger charge is 2.20. The molecule has 100 valence electrons. The molecule has 0 heterocycles. The van der Waals surface area contributed by atoms with Crippen LogP contribution in [-0.4, -0.2) is 44.2 Å². The molecule has 1 amide bonds. The van der Waals surface area contributed by atoms with E-state index < -0.39 is 0 Å². The first kappa shape index (κ1) is 14.5. The number of ether oxygens (including phenoxy) is 1. The Morgan fingerprint density at radius 1 is 1.39 bits per heavy atom. The molecule has 1 N–H and O–H groups in total. The molecule has 0 aliphatic heterocycles. The first-order chi connectivity index (χ1) is 8.61. The molecule has 4 nitrogen and oxygen atoms in total. The van der Waals surface area contributed by atoms with Crippen LogP contribution in [0, 0.1) is 0 Å². The molecule has 0 atom stereocenters. The van der Waals surface area contributed by atoms with Gasteiger partial charge < -0.3 is 15.0 Å². The second-order valence-corrected chi connectivity index (χ2v) is 4.38. The number of para-hydroxylation sites is 1. The summed E-state index contributed by atoms with van der Waals surface area (Å²) in [4.78, 5) is 14.3. The van der Waals surface area contributed by atoms with Gasteiger partial charge in [0.2, 0.25) is 0 Å². The predicted molar refractivity (Wildman–Crippen MR) is 74.0 cm³/mol. The van der Waals surface area contributed by atoms with E-state index in [1.807, 2.05) is 50.1 Å². The number of hydrogen-bond donors (Lipinski definition) is 1. The van der Waals surface area contributed by atoms with Crippen molar-refractivity contribution >= 4 is 11.6 Å². The van der Waals surface area contributed by atoms with Crippen molar-refractivity contribution in [3.63, 3.8) is 0 Å². The van der Waals surface area contributed by atoms with Crippen LogP contribution in [0.5, 0.6) is 0 Å². The number of hydrogen-bond acceptors (Lipinski definition) is 3. The lowest BCUT2D eigenvalue weighted by Crippen LogP contribution is -2.39. The van der Waals surface area contributed by atoms with E-state index in [1.165, 1.54) is 0 Å². The van der Waals surface area contributed by atoms with Gasteiger partial charge in [-0.2, -0.15) is 0 Å². The Bertz CT molecular complexity index is 391. The fraction of sp³-hybridized carbons (Fsp3) is 0.500. The molecule has 0 aliphatic rings. The van der Waals surface area contributed by atoms with E-state index >= 15 is 0 Å². The van der Waals surface area contributed by atoms with Gasteiger partial charge in [0, 0.05) is 32.4 Å². The molecule has 0 spiro atoms. The van der Waals surface area contributed by atoms with Crippen molar-refractivity contribution in [3.8, 4) is 0 Å². The smallest absolute Gasteiger partial charge is 0.256 e. The number of benzene rings is 1. The number of rotatable bonds is 6. The predicted octanol–water partition coefficient (Wildman–Crippen LogP) is 2.23. The summed E-state index contributed by atoms with van der Waals surface area (Å²) in [5.74, 6) is 0.0343. The number of nitrogens with zero attached hydrogens (tertiary/aromatic N) is 1. The first-order valence-corrected chi connectivity index (χ1v) is 6.18. The minimum Gasteiger partial charge on any atom is -0.387 e. The van der Waals surface area contributed by atoms with Crippen molar-refractivity contribution in [2.45, 2.75) is 19.9 Å². The zero-order valence-electron chi connectivity index (χ0n) is 11.6. The molecule has 0 unspecified atom stereocenters. The van der Waals surface area contributed by atoms with E-state index in [4.69, 9.17) is 4.74 Å². The standard InChI is InChI=1S/C14H22N2O2/c1-11(2)16(9-10-18-4)14(17)12-7-5-6-8-13(12)15-3/h5-8,11,15H,9-10H2,1-4H3. The number of carbonyl (C=O) groups excluding carboxylic acids is 1. The molecule has 1 aromatic rings. The van der Waals surface area contributed by atoms with Gasteiger partial charge in [0.05, 0.1) is 12.2 Å². The quantitative estimate of drug-likeness (QED) is 0.841. The summed E-state index contributed by atoms with van der Waals surface area (Å²) in [6.45, 7) is 5.17. The summed E-state index contributed by atoms with van der Waals surface area (Å²) >= 11 is 0. The third kappa shape index (κ3) is 3.47. The van der Waals surface area contributed by atoms with Crippen LogP contribution in [0.4, 0.5) is 5.69 Å². The van der Waals surface area contributed by atoms with Crippen LogP contribution >= 0.6 is 0 Å². The lowest BCUT2D eigenvalue weighted by molar-refractivity contribution is 0.0636. The molecule has 0 aliphatic carbocycles. The summed E-state index contributed by atoms with van der Waals surface area (Å²) in [5, 5.41) is 3.05. The van der Waals surface area contributed by atoms with Gasteiger partial charge in [-0.25, -0.2) is 0 Å². The van der Waals surface area contributed by atoms with E-state index in [0.29, 0.717) is 18.7 Å². The highest BCUT2D eigenvalue weighted by molar-refractivity contribution is 5.99. The molecule has 1 aromatic carbocycles. The van der Waals surface area contributed by atoms with Gasteiger partial charge in [-0.1, -0.05) is 12.1 Å². The van der Waals surface area contributed by atoms with Crippen molar-refractivity contribution < 1.29 is 9.53 Å². The minimum atomic E-state index is 0.0343. The minimum absolute atomic E-state index is 0.0343. The van der Waals surface area contributed by atoms with Crippen LogP contribution in [0.2, 0.25) is 0 Å². The topological polar surface area (TPSA) is 41.6 Å². The number of amides is 1. The van der Waals surface area contributed by atoms with Gasteiger partial charge in [0.1, 0.15) is 0 Å². The van der Waals surface area contributed by atoms with Crippen LogP contribution in [0.3, 0.4) is 0 Å². The lowest BCUT2D eigenvalue weighted by atomic mass is 10.1. The second-order valence-electron chi connectivity index (χ2n) is 4.38. The van der Waals surface area contributed by atoms with E-state index in [1.54, 1.807) is 7.11 Å². The average molecular weight is 250 g/mol. The maximum absolute atomic E-state index is 12.5. The molecule has 1 rings (SSSR count). The Balaban J connectivity index is 2.94. The number of anilines is 1. The SMILES string of the molecule is CNc1ccccc1C(=O)N(CCOC)C(C)C. The Hall–Kier alpha value is -1.55. The first-order valence-electron chi connectivity index (χ1n) is 6.18. The maximum atomic E-state index is 12.5. The average Bonchev–Trinajstić information content (AvgIpc) is 2.38. The highest BCUT2D eigenvalue weighted by atomic mass is 16.5. The number of carbonyl (C=O) groups is 1. The molecule has 0 saturated carbocycles. The fourth-order valence-electron chi connectivity index (χ4n) is 1.83. The largest absolute Gasteiger partial charge is 0.387 e. The van der Waals surface area contributed by atoms with Crippen molar-refractivity contribution in [2.75, 3.05) is 32.6 Å². The summed E-state index contributed by atoms with van der Waals surface area (Å²) in [6.07, 6.45) is 0. The zero-order chi connectivity index (χ0) is 13.5. The van der Waals surface area contributed by atoms with E-state index in [2.05, 4.69) is 5.32 Å². The van der Waals surface area contributed by atoms with Gasteiger partial charge >= 0.3 is 0 Å². The van der Waals surface area contributed by atoms with E-state index in [9.17, 15) is 4.79 Å². The van der Waals surface area contributed by atoms with Crippen LogP contribution in [0.25, 0.3) is 0 Å². The summed E-state index contributed by atoms with van der Waals surface area (Å²) in [6, 6.07) is 7.69. The normalized spacial score (nSPS) is 10.5. The summed E-state index contributed by atoms with van der Waals surface area (Å²) < 4.78 is 5.06. The fourth-order valence-corrected chi connectivity index (χ4v) is 1.83. The summed E-state index contributed by atoms with van der Waals surface area (Å²) in [7, 11) is 3.46. The van der Waals surface area contributed by atoms with E-state index in [-0.39, 0.29) is 11.9 Å². The molecule has 0 bridgehead atoms. The third-order valence-corrected chi connectivity index (χ3v) is 2.85. The molecular weight excluding hydrogens is 228 g/mol. The second kappa shape index (κ2) is 7.01. The number of methoxy groups -OCH3 is 1. The third-order valence-electron chi connectivity index (χ3n) is 2.85. The Morgan fingerprint density at radius 3 is 2.61 bits per heavy atom. The van der Waals surface area contributed by atoms with Gasteiger partial charge in [0.25, 0.3) is 5.91 Å². The van der Waals surface area contributed by atoms with Gasteiger partial charge in [-0.15, -0.1) is 0 Å². The maximum Gasteiger partial charge on any atom is 0.256 e. The molecule has 18 heavy (non-hydrogen) atoms. The lowest BCUT2D eigenvalue weighted by Gasteiger charge is -2.27. The molecule has 0 radical (unpaired) electrons. The summed E-state index contributed by atoms with van der Waals surface area (Å²) in [5.41, 5.74) is 1.55. The van der Waals surface area contributed by atoms with Crippen molar-refractivity contribution in [1.29, 1.82) is 0 Å². The van der Waals surface area contributed by atoms with Gasteiger partial charge in [-0.3, -0.25) is 4.79 Å². The van der Waals surface area contributed by atoms with Gasteiger partial charge in [-0.05, 0) is 26.0 Å². The van der Waals surface area contributed by atoms with Crippen molar-refractivity contribution in [2.24, 2.45) is 0 Å². The van der Waals surface area contributed by atoms with Crippen LogP contribution in [0.1, 0.15) is 24.2 Å². The molecule has 0 saturated heterocycles. The molecular formula is C14H22N2O2. The highest BCUT2D eigenvalue weighted by Crippen LogP contribution is 2.17. The Labute approximate surface area is 109 Å². The van der Waals surface area contributed by atoms with Crippen molar-refractivity contribution in [3.05, 3.63) is 29.8 Å². The number of nitrogens with one attached hydrogen (secondary N) is 1. The van der Waals surface area contributed by atoms with Crippen LogP contribution in [-0.2, 0) is 4.74 Å². The zero-order valence-corrected chi connectivity index (χ0v) is 11.6. The molecule has 0 aromatic heterocycles. The van der Waals surface area contributed by atoms with Crippen LogP contribution in [0.15, 0.2) is 24.3 Å².